The van der Waals surface area contributed by atoms with Crippen molar-refractivity contribution >= 4 is 0 Å². The van der Waals surface area contributed by atoms with Crippen molar-refractivity contribution in [3.05, 3.63) is 10.1 Å². The molecule has 0 spiro atoms. The molecule has 0 saturated carbocycles. The number of hydrogen-bond donors (Lipinski definition) is 2. The molecule has 0 amide bonds. The standard InChI is InChI=1S/HNO3.H3N.Na.H/c2-1(3)4;;;/h(H,2,3,4);1H3;;/q;;+1;-1. The van der Waals surface area contributed by atoms with Crippen molar-refractivity contribution in [3.63, 3.8) is 0 Å². The predicted octanol–water partition coefficient (Wildman–Crippen LogP) is -3.07. The fourth-order valence-electron chi connectivity index (χ4n) is 0. The first-order chi connectivity index (χ1) is 1.73. The number of rotatable bonds is 0. The molecule has 5 nitrogen and oxygen atoms in total. The minimum atomic E-state index is -1.50. The van der Waals surface area contributed by atoms with E-state index in [0.29, 0.717) is 0 Å². The van der Waals surface area contributed by atoms with E-state index in [-0.39, 0.29) is 37.1 Å². The van der Waals surface area contributed by atoms with Crippen LogP contribution >= 0.6 is 0 Å². The molecule has 6 heteroatoms. The zero-order valence-corrected chi connectivity index (χ0v) is 5.42. The molecule has 0 unspecified atom stereocenters. The van der Waals surface area contributed by atoms with Crippen molar-refractivity contribution in [1.82, 2.24) is 6.15 Å². The Morgan fingerprint density at radius 1 is 1.83 bits per heavy atom. The zero-order valence-electron chi connectivity index (χ0n) is 4.42. The molecule has 6 heavy (non-hydrogen) atoms. The second kappa shape index (κ2) is 8.94. The van der Waals surface area contributed by atoms with Crippen LogP contribution in [0.1, 0.15) is 1.43 Å². The summed E-state index contributed by atoms with van der Waals surface area (Å²) in [6.45, 7) is 0. The summed E-state index contributed by atoms with van der Waals surface area (Å²) < 4.78 is 0. The monoisotopic (exact) mass is 104 g/mol. The molecule has 0 radical (unpaired) electrons. The molecule has 0 bridgehead atoms. The molecule has 0 aliphatic rings. The average molecular weight is 104 g/mol. The van der Waals surface area contributed by atoms with Crippen LogP contribution in [-0.4, -0.2) is 10.3 Å². The molecule has 0 saturated heterocycles. The van der Waals surface area contributed by atoms with Gasteiger partial charge in [0.2, 0.25) is 0 Å². The molecular weight excluding hydrogens is 99.0 g/mol. The van der Waals surface area contributed by atoms with Crippen molar-refractivity contribution in [2.24, 2.45) is 0 Å². The zero-order chi connectivity index (χ0) is 3.58. The largest absolute Gasteiger partial charge is 1.00 e. The van der Waals surface area contributed by atoms with Crippen molar-refractivity contribution in [2.45, 2.75) is 0 Å². The van der Waals surface area contributed by atoms with Gasteiger partial charge in [-0.1, -0.05) is 0 Å². The second-order valence-corrected chi connectivity index (χ2v) is 0.238. The molecule has 0 rings (SSSR count). The Bertz CT molecular complexity index is 35.9. The van der Waals surface area contributed by atoms with Crippen LogP contribution in [0.15, 0.2) is 0 Å². The molecule has 0 atom stereocenters. The van der Waals surface area contributed by atoms with Gasteiger partial charge in [-0.05, 0) is 0 Å². The SMILES string of the molecule is N.O=[N+]([O-])O.[H-].[Na+]. The third kappa shape index (κ3) is 1620. The van der Waals surface area contributed by atoms with Gasteiger partial charge in [-0.2, -0.15) is 0 Å². The van der Waals surface area contributed by atoms with Gasteiger partial charge in [0.1, 0.15) is 0 Å². The summed E-state index contributed by atoms with van der Waals surface area (Å²) in [4.78, 5) is 8.36. The molecule has 0 aromatic heterocycles. The third-order valence-electron chi connectivity index (χ3n) is 0. The molecule has 4 N–H and O–H groups in total. The third-order valence-corrected chi connectivity index (χ3v) is 0. The van der Waals surface area contributed by atoms with E-state index >= 15 is 0 Å². The first-order valence-electron chi connectivity index (χ1n) is 0.565. The van der Waals surface area contributed by atoms with E-state index in [4.69, 9.17) is 15.3 Å². The van der Waals surface area contributed by atoms with Gasteiger partial charge in [0.05, 0.1) is 0 Å². The van der Waals surface area contributed by atoms with Crippen LogP contribution in [0.25, 0.3) is 0 Å². The molecule has 0 heterocycles. The molecule has 0 fully saturated rings. The van der Waals surface area contributed by atoms with Crippen LogP contribution in [0.4, 0.5) is 0 Å². The van der Waals surface area contributed by atoms with Crippen LogP contribution < -0.4 is 35.7 Å². The summed E-state index contributed by atoms with van der Waals surface area (Å²) in [7, 11) is 0. The van der Waals surface area contributed by atoms with E-state index in [2.05, 4.69) is 0 Å². The van der Waals surface area contributed by atoms with E-state index in [9.17, 15) is 0 Å². The van der Waals surface area contributed by atoms with Gasteiger partial charge in [0, 0.05) is 0 Å². The average Bonchev–Trinajstić information content (AvgIpc) is 0.811. The number of nitrogens with zero attached hydrogens (tertiary/aromatic N) is 1. The molecule has 34 valence electrons. The first kappa shape index (κ1) is 16.4. The van der Waals surface area contributed by atoms with E-state index in [0.717, 1.165) is 0 Å². The van der Waals surface area contributed by atoms with Gasteiger partial charge in [-0.3, -0.25) is 0 Å². The van der Waals surface area contributed by atoms with Crippen molar-refractivity contribution in [1.29, 1.82) is 0 Å². The van der Waals surface area contributed by atoms with Crippen molar-refractivity contribution in [2.75, 3.05) is 0 Å². The Kier molecular flexibility index (Phi) is 24.5. The normalized spacial score (nSPS) is 4.00. The summed E-state index contributed by atoms with van der Waals surface area (Å²) in [6.07, 6.45) is 0. The van der Waals surface area contributed by atoms with Crippen LogP contribution in [-0.2, 0) is 0 Å². The van der Waals surface area contributed by atoms with Gasteiger partial charge in [0.15, 0.2) is 0 Å². The van der Waals surface area contributed by atoms with Crippen LogP contribution in [0, 0.1) is 10.1 Å². The maximum atomic E-state index is 8.36. The van der Waals surface area contributed by atoms with E-state index in [1.165, 1.54) is 0 Å². The van der Waals surface area contributed by atoms with Crippen LogP contribution in [0.2, 0.25) is 0 Å². The minimum Gasteiger partial charge on any atom is -1.00 e. The Hall–Kier alpha value is 0.160. The molecular formula is H5N2NaO3. The maximum absolute atomic E-state index is 8.36. The van der Waals surface area contributed by atoms with Gasteiger partial charge < -0.3 is 12.8 Å². The van der Waals surface area contributed by atoms with Gasteiger partial charge in [0.25, 0.3) is 5.09 Å². The smallest absolute Gasteiger partial charge is 1.00 e. The summed E-state index contributed by atoms with van der Waals surface area (Å²) in [5.41, 5.74) is 0. The number of hydrogen-bond acceptors (Lipinski definition) is 3. The maximum Gasteiger partial charge on any atom is 1.00 e. The van der Waals surface area contributed by atoms with Crippen LogP contribution in [0.5, 0.6) is 0 Å². The summed E-state index contributed by atoms with van der Waals surface area (Å²) in [5, 5.41) is 13.6. The van der Waals surface area contributed by atoms with Crippen molar-refractivity contribution in [3.8, 4) is 0 Å². The summed E-state index contributed by atoms with van der Waals surface area (Å²) in [5.74, 6) is 0. The van der Waals surface area contributed by atoms with Gasteiger partial charge in [-0.15, -0.1) is 10.1 Å². The van der Waals surface area contributed by atoms with Crippen molar-refractivity contribution < 1.29 is 41.3 Å². The van der Waals surface area contributed by atoms with Crippen LogP contribution in [0.3, 0.4) is 0 Å². The molecule has 0 aromatic carbocycles. The topological polar surface area (TPSA) is 98.4 Å². The molecule has 0 aliphatic carbocycles. The Morgan fingerprint density at radius 2 is 1.83 bits per heavy atom. The summed E-state index contributed by atoms with van der Waals surface area (Å²) in [6, 6.07) is 0. The molecule has 0 aliphatic heterocycles. The Labute approximate surface area is 57.8 Å². The van der Waals surface area contributed by atoms with E-state index in [1.54, 1.807) is 0 Å². The minimum absolute atomic E-state index is 0. The second-order valence-electron chi connectivity index (χ2n) is 0.238. The fraction of sp³-hybridized carbons (Fsp3) is 0. The fourth-order valence-corrected chi connectivity index (χ4v) is 0. The van der Waals surface area contributed by atoms with Gasteiger partial charge in [-0.25, -0.2) is 0 Å². The van der Waals surface area contributed by atoms with Gasteiger partial charge >= 0.3 is 29.6 Å². The Morgan fingerprint density at radius 3 is 1.83 bits per heavy atom. The first-order valence-corrected chi connectivity index (χ1v) is 0.565. The van der Waals surface area contributed by atoms with E-state index < -0.39 is 5.09 Å². The Balaban J connectivity index is -0.0000000150. The quantitative estimate of drug-likeness (QED) is 0.193. The predicted molar refractivity (Wildman–Crippen MR) is 14.9 cm³/mol. The summed E-state index contributed by atoms with van der Waals surface area (Å²) >= 11 is 0. The van der Waals surface area contributed by atoms with E-state index in [1.807, 2.05) is 0 Å². The molecule has 0 aromatic rings.